The Morgan fingerprint density at radius 3 is 2.91 bits per heavy atom. The third-order valence-electron chi connectivity index (χ3n) is 3.25. The molecule has 2 aromatic heterocycles. The predicted molar refractivity (Wildman–Crippen MR) is 82.1 cm³/mol. The van der Waals surface area contributed by atoms with Crippen LogP contribution in [0.4, 0.5) is 5.95 Å². The zero-order chi connectivity index (χ0) is 16.8. The topological polar surface area (TPSA) is 125 Å². The number of nitrogens with zero attached hydrogens (tertiary/aromatic N) is 4. The quantitative estimate of drug-likeness (QED) is 0.526. The van der Waals surface area contributed by atoms with Gasteiger partial charge in [0, 0.05) is 19.4 Å². The Morgan fingerprint density at radius 1 is 1.43 bits per heavy atom. The number of esters is 1. The van der Waals surface area contributed by atoms with Gasteiger partial charge in [0.2, 0.25) is 5.95 Å². The molecule has 0 bridgehead atoms. The van der Waals surface area contributed by atoms with Crippen molar-refractivity contribution in [2.75, 3.05) is 18.9 Å². The van der Waals surface area contributed by atoms with Gasteiger partial charge in [-0.2, -0.15) is 4.98 Å². The Hall–Kier alpha value is -2.26. The summed E-state index contributed by atoms with van der Waals surface area (Å²) in [5, 5.41) is 9.23. The maximum Gasteiger partial charge on any atom is 0.302 e. The highest BCUT2D eigenvalue weighted by molar-refractivity contribution is 5.70. The van der Waals surface area contributed by atoms with Crippen LogP contribution in [0.5, 0.6) is 0 Å². The molecule has 2 rings (SSSR count). The molecule has 2 atom stereocenters. The van der Waals surface area contributed by atoms with Gasteiger partial charge in [-0.05, 0) is 13.3 Å². The van der Waals surface area contributed by atoms with E-state index in [-0.39, 0.29) is 31.0 Å². The number of rotatable bonds is 8. The first-order valence-corrected chi connectivity index (χ1v) is 7.32. The van der Waals surface area contributed by atoms with E-state index in [1.165, 1.54) is 13.8 Å². The lowest BCUT2D eigenvalue weighted by Gasteiger charge is -2.18. The van der Waals surface area contributed by atoms with Crippen LogP contribution in [0.1, 0.15) is 20.3 Å². The second-order valence-electron chi connectivity index (χ2n) is 5.26. The molecule has 0 aliphatic carbocycles. The minimum atomic E-state index is -0.864. The average Bonchev–Trinajstić information content (AvgIpc) is 2.88. The summed E-state index contributed by atoms with van der Waals surface area (Å²) in [6.45, 7) is 4.00. The average molecular weight is 323 g/mol. The van der Waals surface area contributed by atoms with Crippen LogP contribution in [0.25, 0.3) is 11.2 Å². The molecule has 126 valence electrons. The highest BCUT2D eigenvalue weighted by atomic mass is 16.6. The molecule has 2 unspecified atom stereocenters. The van der Waals surface area contributed by atoms with Crippen LogP contribution < -0.4 is 5.73 Å². The van der Waals surface area contributed by atoms with E-state index in [9.17, 15) is 9.90 Å². The van der Waals surface area contributed by atoms with Gasteiger partial charge in [0.1, 0.15) is 5.52 Å². The van der Waals surface area contributed by atoms with Crippen molar-refractivity contribution in [2.24, 2.45) is 5.92 Å². The van der Waals surface area contributed by atoms with Gasteiger partial charge in [0.25, 0.3) is 0 Å². The van der Waals surface area contributed by atoms with Gasteiger partial charge in [-0.3, -0.25) is 4.79 Å². The molecule has 3 N–H and O–H groups in total. The number of fused-ring (bicyclic) bond motifs is 1. The molecule has 0 aromatic carbocycles. The Labute approximate surface area is 133 Å². The zero-order valence-electron chi connectivity index (χ0n) is 13.2. The first-order chi connectivity index (χ1) is 11.0. The van der Waals surface area contributed by atoms with Gasteiger partial charge in [0.05, 0.1) is 25.7 Å². The number of aryl methyl sites for hydroxylation is 1. The number of hydrogen-bond donors (Lipinski definition) is 2. The van der Waals surface area contributed by atoms with Crippen molar-refractivity contribution in [1.82, 2.24) is 19.5 Å². The Bertz CT molecular complexity index is 658. The minimum Gasteiger partial charge on any atom is -0.465 e. The minimum absolute atomic E-state index is 0.0508. The lowest BCUT2D eigenvalue weighted by atomic mass is 10.1. The maximum absolute atomic E-state index is 11.0. The summed E-state index contributed by atoms with van der Waals surface area (Å²) in [5.74, 6) is -0.209. The fourth-order valence-corrected chi connectivity index (χ4v) is 2.08. The van der Waals surface area contributed by atoms with Crippen molar-refractivity contribution < 1.29 is 19.4 Å². The molecule has 0 saturated carbocycles. The second-order valence-corrected chi connectivity index (χ2v) is 5.26. The van der Waals surface area contributed by atoms with Crippen molar-refractivity contribution in [3.05, 3.63) is 12.5 Å². The van der Waals surface area contributed by atoms with Gasteiger partial charge >= 0.3 is 5.97 Å². The number of carbonyl (C=O) groups excluding carboxylic acids is 1. The van der Waals surface area contributed by atoms with Gasteiger partial charge in [-0.25, -0.2) is 9.97 Å². The van der Waals surface area contributed by atoms with E-state index < -0.39 is 6.29 Å². The molecule has 0 amide bonds. The highest BCUT2D eigenvalue weighted by Gasteiger charge is 2.14. The first-order valence-electron chi connectivity index (χ1n) is 7.32. The van der Waals surface area contributed by atoms with Crippen molar-refractivity contribution in [3.63, 3.8) is 0 Å². The van der Waals surface area contributed by atoms with Crippen LogP contribution in [0.2, 0.25) is 0 Å². The number of ether oxygens (including phenoxy) is 2. The zero-order valence-corrected chi connectivity index (χ0v) is 13.2. The lowest BCUT2D eigenvalue weighted by molar-refractivity contribution is -0.145. The van der Waals surface area contributed by atoms with E-state index in [0.717, 1.165) is 0 Å². The number of nitrogen functional groups attached to an aromatic ring is 1. The molecule has 0 radical (unpaired) electrons. The van der Waals surface area contributed by atoms with Crippen molar-refractivity contribution in [3.8, 4) is 0 Å². The van der Waals surface area contributed by atoms with Crippen LogP contribution in [-0.4, -0.2) is 50.1 Å². The normalized spacial score (nSPS) is 13.9. The van der Waals surface area contributed by atoms with Gasteiger partial charge < -0.3 is 24.9 Å². The van der Waals surface area contributed by atoms with Crippen molar-refractivity contribution in [2.45, 2.75) is 33.1 Å². The van der Waals surface area contributed by atoms with Crippen molar-refractivity contribution >= 4 is 23.1 Å². The smallest absolute Gasteiger partial charge is 0.302 e. The SMILES string of the molecule is CC(=O)OCC(CCn1cnc2cnc(N)nc21)COC(C)O. The van der Waals surface area contributed by atoms with Crippen LogP contribution in [-0.2, 0) is 20.8 Å². The summed E-state index contributed by atoms with van der Waals surface area (Å²) in [6.07, 6.45) is 3.03. The van der Waals surface area contributed by atoms with Crippen LogP contribution >= 0.6 is 0 Å². The van der Waals surface area contributed by atoms with E-state index in [1.54, 1.807) is 12.5 Å². The molecule has 0 saturated heterocycles. The number of aliphatic hydroxyl groups is 1. The maximum atomic E-state index is 11.0. The summed E-state index contributed by atoms with van der Waals surface area (Å²) in [4.78, 5) is 23.3. The van der Waals surface area contributed by atoms with Gasteiger partial charge in [-0.1, -0.05) is 0 Å². The largest absolute Gasteiger partial charge is 0.465 e. The van der Waals surface area contributed by atoms with E-state index in [4.69, 9.17) is 15.2 Å². The standard InChI is InChI=1S/C14H21N5O4/c1-9(20)22-6-11(7-23-10(2)21)3-4-19-8-17-12-5-16-14(15)18-13(12)19/h5,8-9,11,20H,3-4,6-7H2,1-2H3,(H2,15,16,18). The fraction of sp³-hybridized carbons (Fsp3) is 0.571. The molecular weight excluding hydrogens is 302 g/mol. The monoisotopic (exact) mass is 323 g/mol. The third kappa shape index (κ3) is 5.15. The molecule has 2 aromatic rings. The summed E-state index contributed by atoms with van der Waals surface area (Å²) in [7, 11) is 0. The van der Waals surface area contributed by atoms with Crippen molar-refractivity contribution in [1.29, 1.82) is 0 Å². The molecule has 0 aliphatic heterocycles. The van der Waals surface area contributed by atoms with E-state index in [0.29, 0.717) is 24.1 Å². The number of aliphatic hydroxyl groups excluding tert-OH is 1. The summed E-state index contributed by atoms with van der Waals surface area (Å²) in [6, 6.07) is 0. The van der Waals surface area contributed by atoms with E-state index >= 15 is 0 Å². The summed E-state index contributed by atoms with van der Waals surface area (Å²) < 4.78 is 12.1. The molecule has 23 heavy (non-hydrogen) atoms. The number of nitrogens with two attached hydrogens (primary N) is 1. The number of hydrogen-bond acceptors (Lipinski definition) is 8. The molecule has 0 aliphatic rings. The molecule has 9 heteroatoms. The molecular formula is C14H21N5O4. The first kappa shape index (κ1) is 17.1. The number of imidazole rings is 1. The summed E-state index contributed by atoms with van der Waals surface area (Å²) in [5.41, 5.74) is 6.92. The predicted octanol–water partition coefficient (Wildman–Crippen LogP) is 0.333. The van der Waals surface area contributed by atoms with Gasteiger partial charge in [0.15, 0.2) is 11.9 Å². The Morgan fingerprint density at radius 2 is 2.22 bits per heavy atom. The number of carbonyl (C=O) groups is 1. The van der Waals surface area contributed by atoms with Gasteiger partial charge in [-0.15, -0.1) is 0 Å². The molecule has 9 nitrogen and oxygen atoms in total. The van der Waals surface area contributed by atoms with E-state index in [1.807, 2.05) is 4.57 Å². The Kier molecular flexibility index (Phi) is 5.83. The third-order valence-corrected chi connectivity index (χ3v) is 3.25. The molecule has 0 spiro atoms. The van der Waals surface area contributed by atoms with E-state index in [2.05, 4.69) is 15.0 Å². The fourth-order valence-electron chi connectivity index (χ4n) is 2.08. The van der Waals surface area contributed by atoms with Crippen LogP contribution in [0.15, 0.2) is 12.5 Å². The Balaban J connectivity index is 2.00. The lowest BCUT2D eigenvalue weighted by Crippen LogP contribution is -2.22. The summed E-state index contributed by atoms with van der Waals surface area (Å²) >= 11 is 0. The van der Waals surface area contributed by atoms with Crippen LogP contribution in [0, 0.1) is 5.92 Å². The highest BCUT2D eigenvalue weighted by Crippen LogP contribution is 2.14. The number of anilines is 1. The number of aromatic nitrogens is 4. The van der Waals surface area contributed by atoms with Crippen LogP contribution in [0.3, 0.4) is 0 Å². The molecule has 0 fully saturated rings. The second kappa shape index (κ2) is 7.84. The molecule has 2 heterocycles.